The molecule has 2 aliphatic heterocycles. The Balaban J connectivity index is 1.59. The van der Waals surface area contributed by atoms with Crippen molar-refractivity contribution in [3.8, 4) is 0 Å². The van der Waals surface area contributed by atoms with Gasteiger partial charge in [-0.1, -0.05) is 6.07 Å². The van der Waals surface area contributed by atoms with Crippen LogP contribution in [0.1, 0.15) is 18.4 Å². The summed E-state index contributed by atoms with van der Waals surface area (Å²) < 4.78 is 49.2. The van der Waals surface area contributed by atoms with E-state index in [0.29, 0.717) is 26.1 Å². The Bertz CT molecular complexity index is 662. The Morgan fingerprint density at radius 3 is 2.36 bits per heavy atom. The first-order chi connectivity index (χ1) is 11.8. The number of nitrogens with zero attached hydrogens (tertiary/aromatic N) is 1. The lowest BCUT2D eigenvalue weighted by molar-refractivity contribution is -0.187. The fourth-order valence-electron chi connectivity index (χ4n) is 2.94. The minimum absolute atomic E-state index is 0.0795. The zero-order chi connectivity index (χ0) is 18.1. The van der Waals surface area contributed by atoms with Gasteiger partial charge in [0, 0.05) is 31.6 Å². The quantitative estimate of drug-likeness (QED) is 0.780. The summed E-state index contributed by atoms with van der Waals surface area (Å²) in [5.74, 6) is -2.43. The number of amides is 2. The highest BCUT2D eigenvalue weighted by atomic mass is 19.4. The van der Waals surface area contributed by atoms with Crippen molar-refractivity contribution in [3.63, 3.8) is 0 Å². The number of benzene rings is 1. The van der Waals surface area contributed by atoms with E-state index in [4.69, 9.17) is 9.47 Å². The van der Waals surface area contributed by atoms with Gasteiger partial charge in [0.15, 0.2) is 5.79 Å². The summed E-state index contributed by atoms with van der Waals surface area (Å²) in [7, 11) is 0. The van der Waals surface area contributed by atoms with Gasteiger partial charge in [-0.25, -0.2) is 0 Å². The second-order valence-corrected chi connectivity index (χ2v) is 5.93. The smallest absolute Gasteiger partial charge is 0.347 e. The van der Waals surface area contributed by atoms with Crippen LogP contribution in [-0.2, 0) is 25.2 Å². The van der Waals surface area contributed by atoms with Gasteiger partial charge in [-0.05, 0) is 18.2 Å². The molecule has 2 aliphatic rings. The van der Waals surface area contributed by atoms with Crippen LogP contribution in [0.15, 0.2) is 24.3 Å². The van der Waals surface area contributed by atoms with Crippen molar-refractivity contribution in [1.82, 2.24) is 4.90 Å². The third-order valence-corrected chi connectivity index (χ3v) is 4.27. The van der Waals surface area contributed by atoms with E-state index < -0.39 is 29.3 Å². The molecule has 2 saturated heterocycles. The molecule has 1 spiro atoms. The molecule has 0 unspecified atom stereocenters. The monoisotopic (exact) mass is 358 g/mol. The van der Waals surface area contributed by atoms with Crippen LogP contribution in [0.2, 0.25) is 0 Å². The minimum Gasteiger partial charge on any atom is -0.347 e. The fourth-order valence-corrected chi connectivity index (χ4v) is 2.94. The maximum Gasteiger partial charge on any atom is 0.416 e. The lowest BCUT2D eigenvalue weighted by Crippen LogP contribution is -2.50. The SMILES string of the molecule is O=C(Nc1cccc(C(F)(F)F)c1)C(=O)N1CCC2(CC1)OCCO2. The van der Waals surface area contributed by atoms with Crippen molar-refractivity contribution in [2.24, 2.45) is 0 Å². The Hall–Kier alpha value is -2.13. The highest BCUT2D eigenvalue weighted by molar-refractivity contribution is 6.39. The third kappa shape index (κ3) is 3.93. The summed E-state index contributed by atoms with van der Waals surface area (Å²) in [5.41, 5.74) is -0.975. The van der Waals surface area contributed by atoms with Crippen LogP contribution in [0.5, 0.6) is 0 Å². The molecule has 1 aromatic rings. The number of ether oxygens (including phenoxy) is 2. The highest BCUT2D eigenvalue weighted by Crippen LogP contribution is 2.32. The van der Waals surface area contributed by atoms with Gasteiger partial charge in [0.05, 0.1) is 18.8 Å². The minimum atomic E-state index is -4.52. The van der Waals surface area contributed by atoms with Gasteiger partial charge in [-0.15, -0.1) is 0 Å². The Morgan fingerprint density at radius 2 is 1.76 bits per heavy atom. The van der Waals surface area contributed by atoms with Crippen molar-refractivity contribution in [2.45, 2.75) is 24.8 Å². The van der Waals surface area contributed by atoms with E-state index >= 15 is 0 Å². The Labute approximate surface area is 141 Å². The molecule has 3 rings (SSSR count). The number of carbonyl (C=O) groups excluding carboxylic acids is 2. The number of hydrogen-bond acceptors (Lipinski definition) is 4. The summed E-state index contributed by atoms with van der Waals surface area (Å²) in [6, 6.07) is 4.15. The normalized spacial score (nSPS) is 19.9. The molecule has 0 radical (unpaired) electrons. The van der Waals surface area contributed by atoms with Crippen LogP contribution >= 0.6 is 0 Å². The zero-order valence-corrected chi connectivity index (χ0v) is 13.3. The number of halogens is 3. The Kier molecular flexibility index (Phi) is 4.70. The maximum atomic E-state index is 12.7. The summed E-state index contributed by atoms with van der Waals surface area (Å²) in [6.07, 6.45) is -3.61. The van der Waals surface area contributed by atoms with Gasteiger partial charge >= 0.3 is 18.0 Å². The molecular weight excluding hydrogens is 341 g/mol. The van der Waals surface area contributed by atoms with Gasteiger partial charge in [-0.2, -0.15) is 13.2 Å². The number of hydrogen-bond donors (Lipinski definition) is 1. The summed E-state index contributed by atoms with van der Waals surface area (Å²) in [5, 5.41) is 2.22. The number of alkyl halides is 3. The number of anilines is 1. The van der Waals surface area contributed by atoms with Gasteiger partial charge in [-0.3, -0.25) is 9.59 Å². The van der Waals surface area contributed by atoms with Crippen molar-refractivity contribution < 1.29 is 32.2 Å². The second kappa shape index (κ2) is 6.64. The molecule has 6 nitrogen and oxygen atoms in total. The van der Waals surface area contributed by atoms with Gasteiger partial charge in [0.1, 0.15) is 0 Å². The Morgan fingerprint density at radius 1 is 1.12 bits per heavy atom. The zero-order valence-electron chi connectivity index (χ0n) is 13.3. The van der Waals surface area contributed by atoms with E-state index in [1.54, 1.807) is 0 Å². The van der Waals surface area contributed by atoms with E-state index in [-0.39, 0.29) is 18.8 Å². The molecule has 1 N–H and O–H groups in total. The number of nitrogens with one attached hydrogen (secondary N) is 1. The molecule has 25 heavy (non-hydrogen) atoms. The van der Waals surface area contributed by atoms with Crippen molar-refractivity contribution >= 4 is 17.5 Å². The maximum absolute atomic E-state index is 12.7. The lowest BCUT2D eigenvalue weighted by atomic mass is 10.0. The second-order valence-electron chi connectivity index (χ2n) is 5.93. The van der Waals surface area contributed by atoms with E-state index in [0.717, 1.165) is 12.1 Å². The first-order valence-corrected chi connectivity index (χ1v) is 7.85. The van der Waals surface area contributed by atoms with Crippen LogP contribution in [0.3, 0.4) is 0 Å². The van der Waals surface area contributed by atoms with Crippen LogP contribution in [0.4, 0.5) is 18.9 Å². The number of carbonyl (C=O) groups is 2. The van der Waals surface area contributed by atoms with Gasteiger partial charge in [0.2, 0.25) is 0 Å². The lowest BCUT2D eigenvalue weighted by Gasteiger charge is -2.37. The molecular formula is C16H17F3N2O4. The predicted molar refractivity (Wildman–Crippen MR) is 80.5 cm³/mol. The average molecular weight is 358 g/mol. The topological polar surface area (TPSA) is 67.9 Å². The molecule has 0 atom stereocenters. The number of likely N-dealkylation sites (tertiary alicyclic amines) is 1. The van der Waals surface area contributed by atoms with Crippen LogP contribution < -0.4 is 5.32 Å². The standard InChI is InChI=1S/C16H17F3N2O4/c17-16(18,19)11-2-1-3-12(10-11)20-13(22)14(23)21-6-4-15(5-7-21)24-8-9-25-15/h1-3,10H,4-9H2,(H,20,22). The molecule has 2 heterocycles. The predicted octanol–water partition coefficient (Wildman–Crippen LogP) is 2.01. The first-order valence-electron chi connectivity index (χ1n) is 7.85. The molecule has 0 aromatic heterocycles. The molecule has 0 aliphatic carbocycles. The summed E-state index contributed by atoms with van der Waals surface area (Å²) in [4.78, 5) is 25.6. The highest BCUT2D eigenvalue weighted by Gasteiger charge is 2.41. The molecule has 2 amide bonds. The van der Waals surface area contributed by atoms with Crippen LogP contribution in [0.25, 0.3) is 0 Å². The van der Waals surface area contributed by atoms with Crippen LogP contribution in [-0.4, -0.2) is 48.8 Å². The summed E-state index contributed by atoms with van der Waals surface area (Å²) >= 11 is 0. The largest absolute Gasteiger partial charge is 0.416 e. The molecule has 136 valence electrons. The van der Waals surface area contributed by atoms with Crippen LogP contribution in [0, 0.1) is 0 Å². The molecule has 2 fully saturated rings. The van der Waals surface area contributed by atoms with E-state index in [2.05, 4.69) is 5.32 Å². The summed E-state index contributed by atoms with van der Waals surface area (Å²) in [6.45, 7) is 1.58. The molecule has 9 heteroatoms. The van der Waals surface area contributed by atoms with Gasteiger partial charge < -0.3 is 19.7 Å². The fraction of sp³-hybridized carbons (Fsp3) is 0.500. The third-order valence-electron chi connectivity index (χ3n) is 4.27. The van der Waals surface area contributed by atoms with E-state index in [1.807, 2.05) is 0 Å². The van der Waals surface area contributed by atoms with E-state index in [9.17, 15) is 22.8 Å². The van der Waals surface area contributed by atoms with Crippen molar-refractivity contribution in [2.75, 3.05) is 31.6 Å². The van der Waals surface area contributed by atoms with Gasteiger partial charge in [0.25, 0.3) is 0 Å². The molecule has 0 saturated carbocycles. The number of piperidine rings is 1. The van der Waals surface area contributed by atoms with E-state index in [1.165, 1.54) is 17.0 Å². The number of rotatable bonds is 1. The average Bonchev–Trinajstić information content (AvgIpc) is 3.02. The molecule has 0 bridgehead atoms. The first kappa shape index (κ1) is 17.7. The molecule has 1 aromatic carbocycles. The van der Waals surface area contributed by atoms with Crippen molar-refractivity contribution in [1.29, 1.82) is 0 Å². The van der Waals surface area contributed by atoms with Crippen molar-refractivity contribution in [3.05, 3.63) is 29.8 Å².